The van der Waals surface area contributed by atoms with E-state index in [1.54, 1.807) is 17.0 Å². The van der Waals surface area contributed by atoms with Gasteiger partial charge in [-0.2, -0.15) is 18.3 Å². The Bertz CT molecular complexity index is 1070. The molecule has 9 heteroatoms. The number of anilines is 1. The number of hydrogen-bond acceptors (Lipinski definition) is 4. The van der Waals surface area contributed by atoms with E-state index in [1.165, 1.54) is 6.07 Å². The van der Waals surface area contributed by atoms with Crippen molar-refractivity contribution in [2.24, 2.45) is 0 Å². The zero-order valence-corrected chi connectivity index (χ0v) is 17.5. The van der Waals surface area contributed by atoms with Gasteiger partial charge in [0.05, 0.1) is 17.9 Å². The molecule has 3 aromatic rings. The number of rotatable bonds is 5. The Morgan fingerprint density at radius 2 is 1.78 bits per heavy atom. The van der Waals surface area contributed by atoms with Gasteiger partial charge in [0.15, 0.2) is 0 Å². The van der Waals surface area contributed by atoms with Crippen molar-refractivity contribution in [1.29, 1.82) is 0 Å². The second kappa shape index (κ2) is 8.94. The molecule has 1 aliphatic rings. The number of piperazine rings is 1. The fourth-order valence-electron chi connectivity index (χ4n) is 3.68. The van der Waals surface area contributed by atoms with E-state index in [0.717, 1.165) is 23.4 Å². The average Bonchev–Trinajstić information content (AvgIpc) is 3.29. The third-order valence-electron chi connectivity index (χ3n) is 5.37. The normalized spacial score (nSPS) is 14.5. The maximum absolute atomic E-state index is 13.0. The molecule has 1 N–H and O–H groups in total. The second-order valence-electron chi connectivity index (χ2n) is 7.45. The van der Waals surface area contributed by atoms with Crippen LogP contribution in [0.15, 0.2) is 54.6 Å². The van der Waals surface area contributed by atoms with Crippen LogP contribution >= 0.6 is 0 Å². The van der Waals surface area contributed by atoms with Crippen molar-refractivity contribution >= 4 is 11.6 Å². The highest BCUT2D eigenvalue weighted by atomic mass is 19.4. The number of carbonyl (C=O) groups is 1. The van der Waals surface area contributed by atoms with Crippen molar-refractivity contribution in [3.8, 4) is 17.0 Å². The molecule has 2 heterocycles. The van der Waals surface area contributed by atoms with Gasteiger partial charge in [-0.3, -0.25) is 9.89 Å². The molecule has 0 unspecified atom stereocenters. The van der Waals surface area contributed by atoms with E-state index in [9.17, 15) is 18.0 Å². The first kappa shape index (κ1) is 21.7. The van der Waals surface area contributed by atoms with E-state index in [0.29, 0.717) is 49.9 Å². The molecule has 0 radical (unpaired) electrons. The van der Waals surface area contributed by atoms with Gasteiger partial charge >= 0.3 is 6.18 Å². The number of carbonyl (C=O) groups excluding carboxylic acids is 1. The van der Waals surface area contributed by atoms with Crippen LogP contribution in [0, 0.1) is 0 Å². The van der Waals surface area contributed by atoms with Crippen LogP contribution in [0.2, 0.25) is 0 Å². The summed E-state index contributed by atoms with van der Waals surface area (Å²) in [6.45, 7) is 4.22. The molecule has 1 aromatic heterocycles. The third kappa shape index (κ3) is 4.71. The predicted octanol–water partition coefficient (Wildman–Crippen LogP) is 4.46. The van der Waals surface area contributed by atoms with Crippen molar-refractivity contribution < 1.29 is 22.7 Å². The zero-order valence-electron chi connectivity index (χ0n) is 17.5. The van der Waals surface area contributed by atoms with Gasteiger partial charge in [-0.15, -0.1) is 0 Å². The summed E-state index contributed by atoms with van der Waals surface area (Å²) in [7, 11) is 0. The lowest BCUT2D eigenvalue weighted by Gasteiger charge is -2.36. The SMILES string of the molecule is CCOc1ccc(-c2cc(C(=O)N3CCN(c4cccc(C(F)(F)F)c4)CC3)[nH]n2)cc1. The van der Waals surface area contributed by atoms with Gasteiger partial charge in [0.1, 0.15) is 11.4 Å². The molecule has 168 valence electrons. The molecule has 6 nitrogen and oxygen atoms in total. The van der Waals surface area contributed by atoms with E-state index in [4.69, 9.17) is 4.74 Å². The van der Waals surface area contributed by atoms with Crippen molar-refractivity contribution in [3.63, 3.8) is 0 Å². The van der Waals surface area contributed by atoms with Crippen LogP contribution in [-0.2, 0) is 6.18 Å². The maximum atomic E-state index is 13.0. The first-order valence-electron chi connectivity index (χ1n) is 10.4. The summed E-state index contributed by atoms with van der Waals surface area (Å²) in [6, 6.07) is 14.4. The lowest BCUT2D eigenvalue weighted by molar-refractivity contribution is -0.137. The topological polar surface area (TPSA) is 61.5 Å². The Labute approximate surface area is 183 Å². The highest BCUT2D eigenvalue weighted by Gasteiger charge is 2.31. The van der Waals surface area contributed by atoms with Crippen LogP contribution in [0.1, 0.15) is 23.0 Å². The van der Waals surface area contributed by atoms with Gasteiger partial charge < -0.3 is 14.5 Å². The lowest BCUT2D eigenvalue weighted by Crippen LogP contribution is -2.49. The molecule has 1 saturated heterocycles. The standard InChI is InChI=1S/C23H23F3N4O2/c1-2-32-19-8-6-16(7-9-19)20-15-21(28-27-20)22(31)30-12-10-29(11-13-30)18-5-3-4-17(14-18)23(24,25)26/h3-9,14-15H,2,10-13H2,1H3,(H,27,28). The molecule has 0 saturated carbocycles. The van der Waals surface area contributed by atoms with E-state index in [2.05, 4.69) is 10.2 Å². The number of aromatic nitrogens is 2. The minimum atomic E-state index is -4.38. The van der Waals surface area contributed by atoms with Gasteiger partial charge in [-0.05, 0) is 55.5 Å². The van der Waals surface area contributed by atoms with Crippen LogP contribution < -0.4 is 9.64 Å². The van der Waals surface area contributed by atoms with Crippen LogP contribution in [0.4, 0.5) is 18.9 Å². The Morgan fingerprint density at radius 3 is 2.44 bits per heavy atom. The van der Waals surface area contributed by atoms with E-state index in [-0.39, 0.29) is 5.91 Å². The Hall–Kier alpha value is -3.49. The fourth-order valence-corrected chi connectivity index (χ4v) is 3.68. The van der Waals surface area contributed by atoms with Gasteiger partial charge in [0.2, 0.25) is 0 Å². The quantitative estimate of drug-likeness (QED) is 0.632. The van der Waals surface area contributed by atoms with Crippen LogP contribution in [0.3, 0.4) is 0 Å². The van der Waals surface area contributed by atoms with Gasteiger partial charge in [-0.1, -0.05) is 6.07 Å². The summed E-state index contributed by atoms with van der Waals surface area (Å²) >= 11 is 0. The molecular formula is C23H23F3N4O2. The smallest absolute Gasteiger partial charge is 0.416 e. The summed E-state index contributed by atoms with van der Waals surface area (Å²) in [4.78, 5) is 16.4. The largest absolute Gasteiger partial charge is 0.494 e. The number of hydrogen-bond donors (Lipinski definition) is 1. The minimum absolute atomic E-state index is 0.182. The van der Waals surface area contributed by atoms with Gasteiger partial charge in [0.25, 0.3) is 5.91 Å². The van der Waals surface area contributed by atoms with Crippen molar-refractivity contribution in [2.45, 2.75) is 13.1 Å². The van der Waals surface area contributed by atoms with E-state index < -0.39 is 11.7 Å². The lowest BCUT2D eigenvalue weighted by atomic mass is 10.1. The van der Waals surface area contributed by atoms with E-state index >= 15 is 0 Å². The van der Waals surface area contributed by atoms with Crippen molar-refractivity contribution in [2.75, 3.05) is 37.7 Å². The Kier molecular flexibility index (Phi) is 6.07. The fraction of sp³-hybridized carbons (Fsp3) is 0.304. The molecule has 0 spiro atoms. The molecule has 1 fully saturated rings. The molecule has 32 heavy (non-hydrogen) atoms. The molecule has 1 amide bonds. The van der Waals surface area contributed by atoms with Crippen LogP contribution in [0.25, 0.3) is 11.3 Å². The summed E-state index contributed by atoms with van der Waals surface area (Å²) in [6.07, 6.45) is -4.38. The molecule has 0 aliphatic carbocycles. The monoisotopic (exact) mass is 444 g/mol. The summed E-state index contributed by atoms with van der Waals surface area (Å²) in [5.41, 5.74) is 1.72. The predicted molar refractivity (Wildman–Crippen MR) is 115 cm³/mol. The van der Waals surface area contributed by atoms with E-state index in [1.807, 2.05) is 36.1 Å². The number of ether oxygens (including phenoxy) is 1. The molecule has 0 atom stereocenters. The average molecular weight is 444 g/mol. The number of benzene rings is 2. The minimum Gasteiger partial charge on any atom is -0.494 e. The van der Waals surface area contributed by atoms with Crippen molar-refractivity contribution in [1.82, 2.24) is 15.1 Å². The molecule has 1 aliphatic heterocycles. The van der Waals surface area contributed by atoms with Crippen LogP contribution in [-0.4, -0.2) is 53.8 Å². The summed E-state index contributed by atoms with van der Waals surface area (Å²) in [5, 5.41) is 7.04. The molecular weight excluding hydrogens is 421 g/mol. The Balaban J connectivity index is 1.39. The van der Waals surface area contributed by atoms with Crippen LogP contribution in [0.5, 0.6) is 5.75 Å². The number of nitrogens with zero attached hydrogens (tertiary/aromatic N) is 3. The first-order chi connectivity index (χ1) is 15.3. The Morgan fingerprint density at radius 1 is 1.06 bits per heavy atom. The second-order valence-corrected chi connectivity index (χ2v) is 7.45. The number of amides is 1. The number of halogens is 3. The number of nitrogens with one attached hydrogen (secondary N) is 1. The number of aromatic amines is 1. The molecule has 4 rings (SSSR count). The first-order valence-corrected chi connectivity index (χ1v) is 10.4. The number of H-pyrrole nitrogens is 1. The van der Waals surface area contributed by atoms with Crippen molar-refractivity contribution in [3.05, 3.63) is 65.9 Å². The highest BCUT2D eigenvalue weighted by Crippen LogP contribution is 2.32. The summed E-state index contributed by atoms with van der Waals surface area (Å²) in [5.74, 6) is 0.583. The van der Waals surface area contributed by atoms with Gasteiger partial charge in [0, 0.05) is 37.4 Å². The highest BCUT2D eigenvalue weighted by molar-refractivity contribution is 5.93. The summed E-state index contributed by atoms with van der Waals surface area (Å²) < 4.78 is 44.4. The molecule has 2 aromatic carbocycles. The molecule has 0 bridgehead atoms. The van der Waals surface area contributed by atoms with Gasteiger partial charge in [-0.25, -0.2) is 0 Å². The third-order valence-corrected chi connectivity index (χ3v) is 5.37. The number of alkyl halides is 3. The maximum Gasteiger partial charge on any atom is 0.416 e. The zero-order chi connectivity index (χ0) is 22.7.